The average molecular weight is 314 g/mol. The lowest BCUT2D eigenvalue weighted by Gasteiger charge is -2.54. The van der Waals surface area contributed by atoms with Gasteiger partial charge in [0, 0.05) is 0 Å². The molecule has 0 spiro atoms. The van der Waals surface area contributed by atoms with E-state index < -0.39 is 5.60 Å². The van der Waals surface area contributed by atoms with Crippen molar-refractivity contribution in [3.63, 3.8) is 0 Å². The zero-order valence-electron chi connectivity index (χ0n) is 14.7. The van der Waals surface area contributed by atoms with Gasteiger partial charge in [0.1, 0.15) is 5.75 Å². The van der Waals surface area contributed by atoms with E-state index in [-0.39, 0.29) is 5.41 Å². The van der Waals surface area contributed by atoms with Gasteiger partial charge in [-0.1, -0.05) is 26.8 Å². The van der Waals surface area contributed by atoms with Gasteiger partial charge in [0.25, 0.3) is 0 Å². The van der Waals surface area contributed by atoms with Crippen LogP contribution in [0.15, 0.2) is 18.2 Å². The van der Waals surface area contributed by atoms with Crippen molar-refractivity contribution >= 4 is 0 Å². The van der Waals surface area contributed by atoms with Crippen molar-refractivity contribution < 1.29 is 10.2 Å². The van der Waals surface area contributed by atoms with E-state index in [9.17, 15) is 10.2 Å². The Bertz CT molecular complexity index is 622. The molecule has 0 bridgehead atoms. The number of rotatable bonds is 1. The standard InChI is InChI=1S/C21H30O2/c1-13(2)21(23)11-9-19-18-6-4-14-12-15(22)5-7-16(14)17(18)8-10-20(19,21)3/h5,7,12-13,17-19,22-23H,4,6,8-11H2,1-3H3/t17-,18-,19+,20-,21+/m0/s1. The van der Waals surface area contributed by atoms with Gasteiger partial charge in [-0.05, 0) is 90.9 Å². The molecule has 4 rings (SSSR count). The number of phenolic OH excluding ortho intramolecular Hbond substituents is 1. The number of fused-ring (bicyclic) bond motifs is 5. The van der Waals surface area contributed by atoms with Crippen molar-refractivity contribution in [2.24, 2.45) is 23.2 Å². The molecule has 0 aromatic heterocycles. The van der Waals surface area contributed by atoms with Crippen molar-refractivity contribution in [3.05, 3.63) is 29.3 Å². The molecule has 0 heterocycles. The van der Waals surface area contributed by atoms with Crippen LogP contribution in [0.3, 0.4) is 0 Å². The number of aliphatic hydroxyl groups is 1. The third-order valence-corrected chi connectivity index (χ3v) is 7.88. The van der Waals surface area contributed by atoms with Gasteiger partial charge < -0.3 is 10.2 Å². The third kappa shape index (κ3) is 1.97. The molecule has 1 aromatic rings. The fourth-order valence-corrected chi connectivity index (χ4v) is 6.57. The Balaban J connectivity index is 1.70. The predicted octanol–water partition coefficient (Wildman–Crippen LogP) is 4.64. The second kappa shape index (κ2) is 4.99. The maximum Gasteiger partial charge on any atom is 0.115 e. The molecule has 2 N–H and O–H groups in total. The Morgan fingerprint density at radius 3 is 2.65 bits per heavy atom. The minimum atomic E-state index is -0.488. The van der Waals surface area contributed by atoms with Gasteiger partial charge in [-0.3, -0.25) is 0 Å². The smallest absolute Gasteiger partial charge is 0.115 e. The molecular weight excluding hydrogens is 284 g/mol. The summed E-state index contributed by atoms with van der Waals surface area (Å²) in [6.07, 6.45) is 6.77. The average Bonchev–Trinajstić information content (AvgIpc) is 2.80. The predicted molar refractivity (Wildman–Crippen MR) is 92.5 cm³/mol. The lowest BCUT2D eigenvalue weighted by atomic mass is 9.52. The normalized spacial score (nSPS) is 42.2. The summed E-state index contributed by atoms with van der Waals surface area (Å²) in [6, 6.07) is 5.99. The number of phenols is 1. The molecule has 126 valence electrons. The molecule has 0 aliphatic heterocycles. The van der Waals surface area contributed by atoms with Crippen LogP contribution < -0.4 is 0 Å². The van der Waals surface area contributed by atoms with E-state index in [4.69, 9.17) is 0 Å². The molecule has 0 radical (unpaired) electrons. The Labute approximate surface area is 139 Å². The molecule has 3 aliphatic carbocycles. The zero-order chi connectivity index (χ0) is 16.4. The maximum absolute atomic E-state index is 11.4. The Morgan fingerprint density at radius 2 is 1.91 bits per heavy atom. The van der Waals surface area contributed by atoms with E-state index in [0.29, 0.717) is 29.4 Å². The molecule has 1 aromatic carbocycles. The van der Waals surface area contributed by atoms with Crippen LogP contribution in [0.25, 0.3) is 0 Å². The van der Waals surface area contributed by atoms with Gasteiger partial charge in [-0.15, -0.1) is 0 Å². The van der Waals surface area contributed by atoms with Gasteiger partial charge >= 0.3 is 0 Å². The molecule has 2 saturated carbocycles. The largest absolute Gasteiger partial charge is 0.508 e. The van der Waals surface area contributed by atoms with Crippen LogP contribution in [-0.4, -0.2) is 15.8 Å². The van der Waals surface area contributed by atoms with E-state index in [1.54, 1.807) is 0 Å². The summed E-state index contributed by atoms with van der Waals surface area (Å²) in [5, 5.41) is 21.2. The molecule has 3 aliphatic rings. The monoisotopic (exact) mass is 314 g/mol. The van der Waals surface area contributed by atoms with E-state index in [1.807, 2.05) is 12.1 Å². The molecule has 0 unspecified atom stereocenters. The molecule has 0 amide bonds. The van der Waals surface area contributed by atoms with Gasteiger partial charge in [-0.2, -0.15) is 0 Å². The molecule has 5 atom stereocenters. The summed E-state index contributed by atoms with van der Waals surface area (Å²) in [7, 11) is 0. The van der Waals surface area contributed by atoms with Crippen LogP contribution in [0.1, 0.15) is 69.9 Å². The summed E-state index contributed by atoms with van der Waals surface area (Å²) in [6.45, 7) is 6.75. The fraction of sp³-hybridized carbons (Fsp3) is 0.714. The minimum Gasteiger partial charge on any atom is -0.508 e. The minimum absolute atomic E-state index is 0.0801. The first-order valence-electron chi connectivity index (χ1n) is 9.41. The Hall–Kier alpha value is -1.02. The van der Waals surface area contributed by atoms with Crippen LogP contribution in [0.2, 0.25) is 0 Å². The second-order valence-electron chi connectivity index (χ2n) is 8.87. The van der Waals surface area contributed by atoms with Crippen LogP contribution in [0.4, 0.5) is 0 Å². The van der Waals surface area contributed by atoms with Crippen molar-refractivity contribution in [3.8, 4) is 5.75 Å². The topological polar surface area (TPSA) is 40.5 Å². The van der Waals surface area contributed by atoms with Gasteiger partial charge in [0.15, 0.2) is 0 Å². The molecule has 2 heteroatoms. The summed E-state index contributed by atoms with van der Waals surface area (Å²) >= 11 is 0. The summed E-state index contributed by atoms with van der Waals surface area (Å²) in [5.41, 5.74) is 2.42. The maximum atomic E-state index is 11.4. The summed E-state index contributed by atoms with van der Waals surface area (Å²) < 4.78 is 0. The number of aryl methyl sites for hydroxylation is 1. The van der Waals surface area contributed by atoms with Crippen LogP contribution in [0, 0.1) is 23.2 Å². The fourth-order valence-electron chi connectivity index (χ4n) is 6.57. The zero-order valence-corrected chi connectivity index (χ0v) is 14.7. The number of benzene rings is 1. The van der Waals surface area contributed by atoms with Crippen LogP contribution in [-0.2, 0) is 6.42 Å². The number of hydrogen-bond acceptors (Lipinski definition) is 2. The van der Waals surface area contributed by atoms with Gasteiger partial charge in [0.05, 0.1) is 5.60 Å². The highest BCUT2D eigenvalue weighted by Crippen LogP contribution is 2.65. The lowest BCUT2D eigenvalue weighted by Crippen LogP contribution is -2.53. The second-order valence-corrected chi connectivity index (χ2v) is 8.87. The molecular formula is C21H30O2. The first kappa shape index (κ1) is 15.5. The van der Waals surface area contributed by atoms with Crippen molar-refractivity contribution in [1.29, 1.82) is 0 Å². The molecule has 2 nitrogen and oxygen atoms in total. The van der Waals surface area contributed by atoms with Crippen LogP contribution in [0.5, 0.6) is 5.75 Å². The molecule has 0 saturated heterocycles. The van der Waals surface area contributed by atoms with Crippen LogP contribution >= 0.6 is 0 Å². The van der Waals surface area contributed by atoms with Gasteiger partial charge in [0.2, 0.25) is 0 Å². The Morgan fingerprint density at radius 1 is 1.13 bits per heavy atom. The number of aromatic hydroxyl groups is 1. The van der Waals surface area contributed by atoms with E-state index in [2.05, 4.69) is 26.8 Å². The lowest BCUT2D eigenvalue weighted by molar-refractivity contribution is -0.129. The SMILES string of the molecule is CC(C)[C@]1(O)CC[C@@H]2[C@H]3CCc4cc(O)ccc4[C@@H]3CC[C@@]21C. The van der Waals surface area contributed by atoms with E-state index in [1.165, 1.54) is 30.4 Å². The highest BCUT2D eigenvalue weighted by molar-refractivity contribution is 5.40. The molecule has 23 heavy (non-hydrogen) atoms. The first-order chi connectivity index (χ1) is 10.9. The first-order valence-corrected chi connectivity index (χ1v) is 9.41. The van der Waals surface area contributed by atoms with Gasteiger partial charge in [-0.25, -0.2) is 0 Å². The number of hydrogen-bond donors (Lipinski definition) is 2. The van der Waals surface area contributed by atoms with Crippen molar-refractivity contribution in [1.82, 2.24) is 0 Å². The summed E-state index contributed by atoms with van der Waals surface area (Å²) in [4.78, 5) is 0. The quantitative estimate of drug-likeness (QED) is 0.793. The van der Waals surface area contributed by atoms with E-state index in [0.717, 1.165) is 19.3 Å². The van der Waals surface area contributed by atoms with E-state index >= 15 is 0 Å². The van der Waals surface area contributed by atoms with Crippen molar-refractivity contribution in [2.45, 2.75) is 70.8 Å². The third-order valence-electron chi connectivity index (χ3n) is 7.88. The Kier molecular flexibility index (Phi) is 3.36. The summed E-state index contributed by atoms with van der Waals surface area (Å²) in [5.74, 6) is 2.72. The molecule has 2 fully saturated rings. The highest BCUT2D eigenvalue weighted by Gasteiger charge is 2.62. The highest BCUT2D eigenvalue weighted by atomic mass is 16.3. The van der Waals surface area contributed by atoms with Crippen molar-refractivity contribution in [2.75, 3.05) is 0 Å².